The lowest BCUT2D eigenvalue weighted by molar-refractivity contribution is -0.211. The van der Waals surface area contributed by atoms with Crippen LogP contribution in [-0.4, -0.2) is 17.2 Å². The molecule has 0 heterocycles. The Kier molecular flexibility index (Phi) is 3.04. The minimum Gasteiger partial charge on any atom is -0.474 e. The van der Waals surface area contributed by atoms with Gasteiger partial charge in [-0.1, -0.05) is 0 Å². The van der Waals surface area contributed by atoms with Crippen LogP contribution in [0.15, 0.2) is 18.2 Å². The highest BCUT2D eigenvalue weighted by atomic mass is 19.3. The van der Waals surface area contributed by atoms with Crippen LogP contribution in [0.3, 0.4) is 0 Å². The maximum atomic E-state index is 13.0. The largest absolute Gasteiger partial charge is 0.502 e. The Morgan fingerprint density at radius 3 is 2.56 bits per heavy atom. The van der Waals surface area contributed by atoms with Gasteiger partial charge in [-0.2, -0.15) is 14.0 Å². The first-order valence-corrected chi connectivity index (χ1v) is 3.86. The molecule has 7 heteroatoms. The number of alkyl halides is 2. The Labute approximate surface area is 87.5 Å². The molecule has 84 valence electrons. The Hall–Kier alpha value is -2.23. The van der Waals surface area contributed by atoms with Gasteiger partial charge in [-0.05, 0) is 18.2 Å². The number of nitriles is 1. The second-order valence-electron chi connectivity index (χ2n) is 2.68. The molecule has 0 fully saturated rings. The molecular weight excluding hydrogens is 227 g/mol. The molecule has 0 aromatic heterocycles. The third-order valence-electron chi connectivity index (χ3n) is 1.55. The summed E-state index contributed by atoms with van der Waals surface area (Å²) >= 11 is 0. The molecule has 1 rings (SSSR count). The van der Waals surface area contributed by atoms with Crippen molar-refractivity contribution >= 4 is 5.97 Å². The molecule has 16 heavy (non-hydrogen) atoms. The molecule has 0 saturated carbocycles. The number of aliphatic carboxylic acids is 1. The van der Waals surface area contributed by atoms with Gasteiger partial charge in [0, 0.05) is 0 Å². The van der Waals surface area contributed by atoms with Crippen molar-refractivity contribution < 1.29 is 27.8 Å². The van der Waals surface area contributed by atoms with Crippen LogP contribution in [0.5, 0.6) is 5.75 Å². The van der Waals surface area contributed by atoms with E-state index in [1.807, 2.05) is 0 Å². The summed E-state index contributed by atoms with van der Waals surface area (Å²) < 4.78 is 41.8. The molecule has 0 aliphatic carbocycles. The van der Waals surface area contributed by atoms with Gasteiger partial charge in [0.25, 0.3) is 0 Å². The number of benzene rings is 1. The normalized spacial score (nSPS) is 10.6. The molecule has 0 bridgehead atoms. The van der Waals surface area contributed by atoms with E-state index in [2.05, 4.69) is 4.74 Å². The molecule has 0 radical (unpaired) electrons. The number of hydrogen-bond donors (Lipinski definition) is 1. The molecule has 4 nitrogen and oxygen atoms in total. The lowest BCUT2D eigenvalue weighted by atomic mass is 10.2. The van der Waals surface area contributed by atoms with Crippen molar-refractivity contribution in [1.29, 1.82) is 5.26 Å². The Morgan fingerprint density at radius 1 is 1.50 bits per heavy atom. The van der Waals surface area contributed by atoms with E-state index in [1.165, 1.54) is 0 Å². The van der Waals surface area contributed by atoms with Crippen LogP contribution in [0.2, 0.25) is 0 Å². The fraction of sp³-hybridized carbons (Fsp3) is 0.111. The van der Waals surface area contributed by atoms with E-state index >= 15 is 0 Å². The second-order valence-corrected chi connectivity index (χ2v) is 2.68. The Bertz CT molecular complexity index is 468. The first-order chi connectivity index (χ1) is 7.36. The predicted octanol–water partition coefficient (Wildman–Crippen LogP) is 1.75. The van der Waals surface area contributed by atoms with Crippen molar-refractivity contribution in [3.05, 3.63) is 29.6 Å². The lowest BCUT2D eigenvalue weighted by Crippen LogP contribution is -2.35. The maximum absolute atomic E-state index is 13.0. The van der Waals surface area contributed by atoms with Crippen LogP contribution in [-0.2, 0) is 4.79 Å². The number of carbonyl (C=O) groups is 1. The van der Waals surface area contributed by atoms with Gasteiger partial charge in [-0.25, -0.2) is 9.18 Å². The number of carboxylic acid groups (broad SMARTS) is 1. The fourth-order valence-corrected chi connectivity index (χ4v) is 0.835. The molecule has 0 unspecified atom stereocenters. The number of carboxylic acids is 1. The van der Waals surface area contributed by atoms with Crippen molar-refractivity contribution in [1.82, 2.24) is 0 Å². The van der Waals surface area contributed by atoms with Gasteiger partial charge < -0.3 is 9.84 Å². The topological polar surface area (TPSA) is 70.3 Å². The minimum atomic E-state index is -4.52. The monoisotopic (exact) mass is 231 g/mol. The third-order valence-corrected chi connectivity index (χ3v) is 1.55. The van der Waals surface area contributed by atoms with E-state index in [9.17, 15) is 18.0 Å². The molecule has 0 spiro atoms. The van der Waals surface area contributed by atoms with E-state index in [1.54, 1.807) is 6.07 Å². The lowest BCUT2D eigenvalue weighted by Gasteiger charge is -2.13. The summed E-state index contributed by atoms with van der Waals surface area (Å²) in [5, 5.41) is 16.4. The van der Waals surface area contributed by atoms with Crippen molar-refractivity contribution in [2.75, 3.05) is 0 Å². The number of nitrogens with zero attached hydrogens (tertiary/aromatic N) is 1. The molecular formula is C9H4F3NO3. The van der Waals surface area contributed by atoms with Gasteiger partial charge in [0.15, 0.2) is 11.6 Å². The molecule has 0 aliphatic rings. The fourth-order valence-electron chi connectivity index (χ4n) is 0.835. The van der Waals surface area contributed by atoms with Gasteiger partial charge in [0.2, 0.25) is 0 Å². The molecule has 0 saturated heterocycles. The van der Waals surface area contributed by atoms with Crippen LogP contribution in [0.4, 0.5) is 13.2 Å². The molecule has 0 amide bonds. The van der Waals surface area contributed by atoms with Crippen molar-refractivity contribution in [3.8, 4) is 11.8 Å². The SMILES string of the molecule is N#Cc1ccc(OC(F)(F)C(=O)O)c(F)c1. The summed E-state index contributed by atoms with van der Waals surface area (Å²) in [6.07, 6.45) is -4.52. The van der Waals surface area contributed by atoms with Gasteiger partial charge >= 0.3 is 12.1 Å². The maximum Gasteiger partial charge on any atom is 0.502 e. The van der Waals surface area contributed by atoms with Crippen LogP contribution in [0, 0.1) is 17.1 Å². The second kappa shape index (κ2) is 4.10. The highest BCUT2D eigenvalue weighted by Gasteiger charge is 2.43. The summed E-state index contributed by atoms with van der Waals surface area (Å²) in [5.74, 6) is -4.71. The number of ether oxygens (including phenoxy) is 1. The smallest absolute Gasteiger partial charge is 0.474 e. The first kappa shape index (κ1) is 11.8. The van der Waals surface area contributed by atoms with E-state index in [0.29, 0.717) is 6.07 Å². The van der Waals surface area contributed by atoms with Gasteiger partial charge in [-0.3, -0.25) is 0 Å². The van der Waals surface area contributed by atoms with E-state index in [4.69, 9.17) is 10.4 Å². The van der Waals surface area contributed by atoms with E-state index < -0.39 is 23.6 Å². The zero-order chi connectivity index (χ0) is 12.3. The van der Waals surface area contributed by atoms with Gasteiger partial charge in [0.1, 0.15) is 0 Å². The molecule has 0 aliphatic heterocycles. The summed E-state index contributed by atoms with van der Waals surface area (Å²) in [4.78, 5) is 10.0. The number of halogens is 3. The van der Waals surface area contributed by atoms with E-state index in [0.717, 1.165) is 12.1 Å². The number of hydrogen-bond acceptors (Lipinski definition) is 3. The average molecular weight is 231 g/mol. The minimum absolute atomic E-state index is 0.0940. The Balaban J connectivity index is 3.00. The predicted molar refractivity (Wildman–Crippen MR) is 44.3 cm³/mol. The molecule has 1 aromatic carbocycles. The Morgan fingerprint density at radius 2 is 2.12 bits per heavy atom. The van der Waals surface area contributed by atoms with Crippen LogP contribution in [0.25, 0.3) is 0 Å². The van der Waals surface area contributed by atoms with E-state index in [-0.39, 0.29) is 5.56 Å². The standard InChI is InChI=1S/C9H4F3NO3/c10-6-3-5(4-13)1-2-7(6)16-9(11,12)8(14)15/h1-3H,(H,14,15). The van der Waals surface area contributed by atoms with Crippen molar-refractivity contribution in [3.63, 3.8) is 0 Å². The van der Waals surface area contributed by atoms with Gasteiger partial charge in [0.05, 0.1) is 11.6 Å². The zero-order valence-corrected chi connectivity index (χ0v) is 7.58. The summed E-state index contributed by atoms with van der Waals surface area (Å²) in [5.41, 5.74) is -0.0940. The summed E-state index contributed by atoms with van der Waals surface area (Å²) in [6, 6.07) is 4.02. The molecule has 0 atom stereocenters. The van der Waals surface area contributed by atoms with Crippen molar-refractivity contribution in [2.45, 2.75) is 6.11 Å². The van der Waals surface area contributed by atoms with Crippen LogP contribution < -0.4 is 4.74 Å². The first-order valence-electron chi connectivity index (χ1n) is 3.86. The summed E-state index contributed by atoms with van der Waals surface area (Å²) in [7, 11) is 0. The van der Waals surface area contributed by atoms with Crippen molar-refractivity contribution in [2.24, 2.45) is 0 Å². The number of rotatable bonds is 3. The third kappa shape index (κ3) is 2.42. The highest BCUT2D eigenvalue weighted by Crippen LogP contribution is 2.25. The zero-order valence-electron chi connectivity index (χ0n) is 7.58. The van der Waals surface area contributed by atoms with Crippen LogP contribution in [0.1, 0.15) is 5.56 Å². The quantitative estimate of drug-likeness (QED) is 0.860. The van der Waals surface area contributed by atoms with Crippen LogP contribution >= 0.6 is 0 Å². The van der Waals surface area contributed by atoms with Gasteiger partial charge in [-0.15, -0.1) is 0 Å². The summed E-state index contributed by atoms with van der Waals surface area (Å²) in [6.45, 7) is 0. The molecule has 1 N–H and O–H groups in total. The average Bonchev–Trinajstić information content (AvgIpc) is 2.20. The highest BCUT2D eigenvalue weighted by molar-refractivity contribution is 5.73. The molecule has 1 aromatic rings.